The Morgan fingerprint density at radius 3 is 2.62 bits per heavy atom. The van der Waals surface area contributed by atoms with Crippen molar-refractivity contribution >= 4 is 34.4 Å². The molecule has 1 aromatic heterocycles. The Labute approximate surface area is 126 Å². The molecule has 0 aliphatic carbocycles. The van der Waals surface area contributed by atoms with E-state index in [9.17, 15) is 4.79 Å². The summed E-state index contributed by atoms with van der Waals surface area (Å²) in [5.41, 5.74) is 3.48. The van der Waals surface area contributed by atoms with Gasteiger partial charge < -0.3 is 15.3 Å². The van der Waals surface area contributed by atoms with Crippen molar-refractivity contribution in [2.24, 2.45) is 0 Å². The molecule has 5 heteroatoms. The van der Waals surface area contributed by atoms with Gasteiger partial charge in [-0.1, -0.05) is 35.9 Å². The summed E-state index contributed by atoms with van der Waals surface area (Å²) in [5.74, 6) is 0. The molecule has 0 amide bonds. The number of hydrogen-bond acceptors (Lipinski definition) is 2. The average Bonchev–Trinajstić information content (AvgIpc) is 2.85. The molecule has 3 rings (SSSR count). The van der Waals surface area contributed by atoms with Crippen molar-refractivity contribution in [1.82, 2.24) is 9.97 Å². The molecule has 0 radical (unpaired) electrons. The second-order valence-electron chi connectivity index (χ2n) is 4.67. The minimum absolute atomic E-state index is 0.190. The van der Waals surface area contributed by atoms with E-state index in [-0.39, 0.29) is 5.69 Å². The first-order valence-electron chi connectivity index (χ1n) is 6.59. The molecule has 4 nitrogen and oxygen atoms in total. The van der Waals surface area contributed by atoms with Crippen LogP contribution in [0.3, 0.4) is 0 Å². The van der Waals surface area contributed by atoms with E-state index >= 15 is 0 Å². The van der Waals surface area contributed by atoms with Crippen molar-refractivity contribution in [2.75, 3.05) is 11.9 Å². The second kappa shape index (κ2) is 5.89. The predicted octanol–water partition coefficient (Wildman–Crippen LogP) is 3.63. The van der Waals surface area contributed by atoms with Gasteiger partial charge in [0.25, 0.3) is 0 Å². The molecule has 0 aliphatic rings. The Hall–Kier alpha value is -2.46. The van der Waals surface area contributed by atoms with E-state index in [2.05, 4.69) is 15.3 Å². The van der Waals surface area contributed by atoms with Crippen molar-refractivity contribution in [1.29, 1.82) is 0 Å². The van der Waals surface area contributed by atoms with Crippen LogP contribution in [0.5, 0.6) is 0 Å². The summed E-state index contributed by atoms with van der Waals surface area (Å²) in [6, 6.07) is 13.4. The SMILES string of the molecule is O=c1[nH]c2ccc(NC/C=C/c3ccc(Cl)cc3)cc2[nH]1. The lowest BCUT2D eigenvalue weighted by atomic mass is 10.2. The fourth-order valence-corrected chi connectivity index (χ4v) is 2.21. The molecule has 0 spiro atoms. The molecule has 0 unspecified atom stereocenters. The lowest BCUT2D eigenvalue weighted by Crippen LogP contribution is -1.99. The van der Waals surface area contributed by atoms with Crippen LogP contribution in [0, 0.1) is 0 Å². The smallest absolute Gasteiger partial charge is 0.323 e. The maximum atomic E-state index is 11.2. The molecular formula is C16H14ClN3O. The molecule has 3 aromatic rings. The van der Waals surface area contributed by atoms with Gasteiger partial charge in [-0.05, 0) is 35.9 Å². The summed E-state index contributed by atoms with van der Waals surface area (Å²) in [5, 5.41) is 4.01. The van der Waals surface area contributed by atoms with Gasteiger partial charge in [0, 0.05) is 17.3 Å². The van der Waals surface area contributed by atoms with Gasteiger partial charge in [0.05, 0.1) is 11.0 Å². The van der Waals surface area contributed by atoms with Crippen molar-refractivity contribution in [3.8, 4) is 0 Å². The second-order valence-corrected chi connectivity index (χ2v) is 5.11. The minimum Gasteiger partial charge on any atom is -0.381 e. The number of fused-ring (bicyclic) bond motifs is 1. The summed E-state index contributed by atoms with van der Waals surface area (Å²) in [6.45, 7) is 0.697. The first kappa shape index (κ1) is 13.5. The van der Waals surface area contributed by atoms with Crippen LogP contribution in [0.4, 0.5) is 5.69 Å². The average molecular weight is 300 g/mol. The highest BCUT2D eigenvalue weighted by Gasteiger charge is 1.98. The van der Waals surface area contributed by atoms with E-state index in [4.69, 9.17) is 11.6 Å². The quantitative estimate of drug-likeness (QED) is 0.689. The Bertz CT molecular complexity index is 831. The van der Waals surface area contributed by atoms with Crippen LogP contribution in [-0.4, -0.2) is 16.5 Å². The van der Waals surface area contributed by atoms with Crippen molar-refractivity contribution in [2.45, 2.75) is 0 Å². The van der Waals surface area contributed by atoms with Gasteiger partial charge in [-0.25, -0.2) is 4.79 Å². The van der Waals surface area contributed by atoms with E-state index in [1.54, 1.807) is 0 Å². The third-order valence-corrected chi connectivity index (χ3v) is 3.37. The van der Waals surface area contributed by atoms with E-state index < -0.39 is 0 Å². The molecule has 0 fully saturated rings. The third-order valence-electron chi connectivity index (χ3n) is 3.12. The fourth-order valence-electron chi connectivity index (χ4n) is 2.09. The highest BCUT2D eigenvalue weighted by molar-refractivity contribution is 6.30. The standard InChI is InChI=1S/C16H14ClN3O/c17-12-5-3-11(4-6-12)2-1-9-18-13-7-8-14-15(10-13)20-16(21)19-14/h1-8,10,18H,9H2,(H2,19,20,21)/b2-1+. The maximum Gasteiger partial charge on any atom is 0.323 e. The van der Waals surface area contributed by atoms with Crippen LogP contribution in [0.1, 0.15) is 5.56 Å². The Kier molecular flexibility index (Phi) is 3.79. The molecule has 1 heterocycles. The zero-order chi connectivity index (χ0) is 14.7. The number of aromatic nitrogens is 2. The van der Waals surface area contributed by atoms with Gasteiger partial charge in [0.2, 0.25) is 0 Å². The highest BCUT2D eigenvalue weighted by atomic mass is 35.5. The summed E-state index contributed by atoms with van der Waals surface area (Å²) < 4.78 is 0. The zero-order valence-corrected chi connectivity index (χ0v) is 11.9. The van der Waals surface area contributed by atoms with Gasteiger partial charge in [0.1, 0.15) is 0 Å². The molecule has 21 heavy (non-hydrogen) atoms. The topological polar surface area (TPSA) is 60.7 Å². The van der Waals surface area contributed by atoms with E-state index in [0.717, 1.165) is 27.3 Å². The molecule has 0 saturated carbocycles. The largest absolute Gasteiger partial charge is 0.381 e. The van der Waals surface area contributed by atoms with Crippen LogP contribution in [0.25, 0.3) is 17.1 Å². The first-order chi connectivity index (χ1) is 10.2. The highest BCUT2D eigenvalue weighted by Crippen LogP contribution is 2.14. The van der Waals surface area contributed by atoms with Crippen LogP contribution in [-0.2, 0) is 0 Å². The monoisotopic (exact) mass is 299 g/mol. The summed E-state index contributed by atoms with van der Waals surface area (Å²) in [6.07, 6.45) is 4.06. The van der Waals surface area contributed by atoms with Crippen molar-refractivity contribution in [3.63, 3.8) is 0 Å². The number of hydrogen-bond donors (Lipinski definition) is 3. The lowest BCUT2D eigenvalue weighted by molar-refractivity contribution is 1.21. The van der Waals surface area contributed by atoms with Gasteiger partial charge >= 0.3 is 5.69 Å². The lowest BCUT2D eigenvalue weighted by Gasteiger charge is -2.03. The number of nitrogens with one attached hydrogen (secondary N) is 3. The Balaban J connectivity index is 1.63. The number of rotatable bonds is 4. The van der Waals surface area contributed by atoms with E-state index in [1.807, 2.05) is 54.6 Å². The number of aromatic amines is 2. The third kappa shape index (κ3) is 3.35. The number of halogens is 1. The van der Waals surface area contributed by atoms with Crippen LogP contribution >= 0.6 is 11.6 Å². The Morgan fingerprint density at radius 2 is 1.81 bits per heavy atom. The number of H-pyrrole nitrogens is 2. The first-order valence-corrected chi connectivity index (χ1v) is 6.96. The summed E-state index contributed by atoms with van der Waals surface area (Å²) in [7, 11) is 0. The van der Waals surface area contributed by atoms with Crippen LogP contribution < -0.4 is 11.0 Å². The normalized spacial score (nSPS) is 11.3. The summed E-state index contributed by atoms with van der Waals surface area (Å²) >= 11 is 5.84. The number of imidazole rings is 1. The zero-order valence-electron chi connectivity index (χ0n) is 11.2. The maximum absolute atomic E-state index is 11.2. The summed E-state index contributed by atoms with van der Waals surface area (Å²) in [4.78, 5) is 16.6. The molecule has 0 saturated heterocycles. The van der Waals surface area contributed by atoms with Gasteiger partial charge in [-0.15, -0.1) is 0 Å². The van der Waals surface area contributed by atoms with Crippen LogP contribution in [0.15, 0.2) is 53.3 Å². The minimum atomic E-state index is -0.190. The van der Waals surface area contributed by atoms with Crippen molar-refractivity contribution < 1.29 is 0 Å². The van der Waals surface area contributed by atoms with Crippen molar-refractivity contribution in [3.05, 3.63) is 69.6 Å². The molecule has 0 aliphatic heterocycles. The molecule has 106 valence electrons. The number of anilines is 1. The molecular weight excluding hydrogens is 286 g/mol. The molecule has 2 aromatic carbocycles. The Morgan fingerprint density at radius 1 is 1.05 bits per heavy atom. The molecule has 0 bridgehead atoms. The molecule has 3 N–H and O–H groups in total. The van der Waals surface area contributed by atoms with Gasteiger partial charge in [0.15, 0.2) is 0 Å². The fraction of sp³-hybridized carbons (Fsp3) is 0.0625. The van der Waals surface area contributed by atoms with E-state index in [1.165, 1.54) is 0 Å². The molecule has 0 atom stereocenters. The number of benzene rings is 2. The van der Waals surface area contributed by atoms with Gasteiger partial charge in [-0.3, -0.25) is 0 Å². The van der Waals surface area contributed by atoms with E-state index in [0.29, 0.717) is 6.54 Å². The predicted molar refractivity (Wildman–Crippen MR) is 87.9 cm³/mol. The van der Waals surface area contributed by atoms with Crippen LogP contribution in [0.2, 0.25) is 5.02 Å². The van der Waals surface area contributed by atoms with Gasteiger partial charge in [-0.2, -0.15) is 0 Å².